The Morgan fingerprint density at radius 2 is 0.862 bits per heavy atom. The second-order valence-corrected chi connectivity index (χ2v) is 15.3. The summed E-state index contributed by atoms with van der Waals surface area (Å²) < 4.78 is 2.45. The van der Waals surface area contributed by atoms with Crippen molar-refractivity contribution in [1.29, 1.82) is 0 Å². The molecule has 0 unspecified atom stereocenters. The normalized spacial score (nSPS) is 11.8. The molecular weight excluding hydrogens is 701 g/mol. The van der Waals surface area contributed by atoms with Crippen molar-refractivity contribution in [3.05, 3.63) is 218 Å². The minimum atomic E-state index is 1.10. The minimum absolute atomic E-state index is 1.10. The zero-order valence-electron chi connectivity index (χ0n) is 31.7. The van der Waals surface area contributed by atoms with Crippen LogP contribution in [0.25, 0.3) is 92.5 Å². The van der Waals surface area contributed by atoms with Crippen LogP contribution in [0, 0.1) is 0 Å². The van der Waals surface area contributed by atoms with E-state index in [4.69, 9.17) is 0 Å². The molecule has 0 spiro atoms. The first-order valence-corrected chi connectivity index (χ1v) is 20.0. The lowest BCUT2D eigenvalue weighted by molar-refractivity contribution is 1.17. The van der Waals surface area contributed by atoms with Crippen molar-refractivity contribution >= 4 is 92.7 Å². The van der Waals surface area contributed by atoms with Crippen molar-refractivity contribution in [3.63, 3.8) is 0 Å². The Hall–Kier alpha value is -7.68. The molecule has 0 amide bonds. The van der Waals surface area contributed by atoms with Gasteiger partial charge < -0.3 is 9.47 Å². The van der Waals surface area contributed by atoms with Crippen LogP contribution in [0.5, 0.6) is 0 Å². The van der Waals surface area contributed by atoms with E-state index in [0.717, 1.165) is 22.7 Å². The van der Waals surface area contributed by atoms with Crippen LogP contribution in [0.1, 0.15) is 0 Å². The van der Waals surface area contributed by atoms with Crippen LogP contribution in [0.2, 0.25) is 0 Å². The highest BCUT2D eigenvalue weighted by molar-refractivity contribution is 6.22. The van der Waals surface area contributed by atoms with Crippen LogP contribution >= 0.6 is 0 Å². The molecule has 0 fully saturated rings. The summed E-state index contributed by atoms with van der Waals surface area (Å²) >= 11 is 0. The lowest BCUT2D eigenvalue weighted by Gasteiger charge is -2.29. The largest absolute Gasteiger partial charge is 0.308 e. The molecule has 0 radical (unpaired) electrons. The standard InChI is InChI=1S/C56H36N2/c1-3-15-37(16-4-1)51-35-39-18-8-10-22-43(39)46-32-30-41(36-52(46)51)57(53-27-13-24-44-47-31-29-38-17-7-9-21-42(38)45(47)33-34-49(44)53)55-28-14-25-50-48-23-11-12-26-54(48)58(56(50)55)40-19-5-2-6-20-40/h1-36H. The molecule has 12 aromatic rings. The molecule has 0 aliphatic heterocycles. The molecule has 270 valence electrons. The van der Waals surface area contributed by atoms with Crippen LogP contribution in [-0.2, 0) is 0 Å². The van der Waals surface area contributed by atoms with Gasteiger partial charge in [-0.1, -0.05) is 170 Å². The van der Waals surface area contributed by atoms with Crippen LogP contribution in [0.3, 0.4) is 0 Å². The molecule has 11 aromatic carbocycles. The van der Waals surface area contributed by atoms with Gasteiger partial charge >= 0.3 is 0 Å². The van der Waals surface area contributed by atoms with E-state index in [-0.39, 0.29) is 0 Å². The molecule has 1 aromatic heterocycles. The van der Waals surface area contributed by atoms with E-state index in [2.05, 4.69) is 228 Å². The van der Waals surface area contributed by atoms with Crippen LogP contribution in [0.15, 0.2) is 218 Å². The lowest BCUT2D eigenvalue weighted by atomic mass is 9.92. The second-order valence-electron chi connectivity index (χ2n) is 15.3. The fraction of sp³-hybridized carbons (Fsp3) is 0. The monoisotopic (exact) mass is 736 g/mol. The van der Waals surface area contributed by atoms with Gasteiger partial charge in [0.25, 0.3) is 0 Å². The number of para-hydroxylation sites is 3. The number of nitrogens with zero attached hydrogens (tertiary/aromatic N) is 2. The van der Waals surface area contributed by atoms with Gasteiger partial charge in [0.1, 0.15) is 0 Å². The van der Waals surface area contributed by atoms with Gasteiger partial charge in [-0.15, -0.1) is 0 Å². The van der Waals surface area contributed by atoms with Gasteiger partial charge in [0, 0.05) is 27.5 Å². The van der Waals surface area contributed by atoms with Gasteiger partial charge in [-0.25, -0.2) is 0 Å². The van der Waals surface area contributed by atoms with Gasteiger partial charge in [-0.2, -0.15) is 0 Å². The summed E-state index contributed by atoms with van der Waals surface area (Å²) in [6.07, 6.45) is 0. The summed E-state index contributed by atoms with van der Waals surface area (Å²) in [5.74, 6) is 0. The Morgan fingerprint density at radius 3 is 1.69 bits per heavy atom. The van der Waals surface area contributed by atoms with Crippen molar-refractivity contribution in [2.75, 3.05) is 4.90 Å². The van der Waals surface area contributed by atoms with Crippen LogP contribution in [-0.4, -0.2) is 4.57 Å². The molecule has 0 aliphatic rings. The highest BCUT2D eigenvalue weighted by Crippen LogP contribution is 2.48. The Morgan fingerprint density at radius 1 is 0.310 bits per heavy atom. The highest BCUT2D eigenvalue weighted by atomic mass is 15.2. The maximum Gasteiger partial charge on any atom is 0.0782 e. The number of fused-ring (bicyclic) bond motifs is 11. The topological polar surface area (TPSA) is 8.17 Å². The quantitative estimate of drug-likeness (QED) is 0.160. The van der Waals surface area contributed by atoms with Crippen molar-refractivity contribution in [2.45, 2.75) is 0 Å². The summed E-state index contributed by atoms with van der Waals surface area (Å²) in [6, 6.07) is 80.2. The molecule has 12 rings (SSSR count). The van der Waals surface area contributed by atoms with Crippen LogP contribution in [0.4, 0.5) is 17.1 Å². The molecule has 0 saturated heterocycles. The van der Waals surface area contributed by atoms with Crippen molar-refractivity contribution in [2.24, 2.45) is 0 Å². The van der Waals surface area contributed by atoms with Gasteiger partial charge in [0.05, 0.1) is 22.4 Å². The van der Waals surface area contributed by atoms with E-state index in [9.17, 15) is 0 Å². The summed E-state index contributed by atoms with van der Waals surface area (Å²) in [5.41, 5.74) is 9.26. The molecule has 2 heteroatoms. The maximum atomic E-state index is 2.51. The Labute approximate surface area is 336 Å². The molecule has 0 saturated carbocycles. The predicted molar refractivity (Wildman–Crippen MR) is 248 cm³/mol. The molecule has 58 heavy (non-hydrogen) atoms. The number of hydrogen-bond acceptors (Lipinski definition) is 1. The smallest absolute Gasteiger partial charge is 0.0782 e. The van der Waals surface area contributed by atoms with E-state index in [1.165, 1.54) is 86.8 Å². The Kier molecular flexibility index (Phi) is 7.26. The number of anilines is 3. The Balaban J connectivity index is 1.22. The highest BCUT2D eigenvalue weighted by Gasteiger charge is 2.24. The van der Waals surface area contributed by atoms with Crippen molar-refractivity contribution in [1.82, 2.24) is 4.57 Å². The third-order valence-corrected chi connectivity index (χ3v) is 12.1. The average Bonchev–Trinajstić information content (AvgIpc) is 3.64. The van der Waals surface area contributed by atoms with E-state index in [1.807, 2.05) is 0 Å². The zero-order chi connectivity index (χ0) is 38.2. The fourth-order valence-corrected chi connectivity index (χ4v) is 9.56. The fourth-order valence-electron chi connectivity index (χ4n) is 9.56. The third-order valence-electron chi connectivity index (χ3n) is 12.1. The second kappa shape index (κ2) is 12.9. The van der Waals surface area contributed by atoms with Crippen molar-refractivity contribution < 1.29 is 0 Å². The van der Waals surface area contributed by atoms with E-state index < -0.39 is 0 Å². The van der Waals surface area contributed by atoms with E-state index in [0.29, 0.717) is 0 Å². The number of aromatic nitrogens is 1. The maximum absolute atomic E-state index is 2.51. The van der Waals surface area contributed by atoms with Gasteiger partial charge in [0.15, 0.2) is 0 Å². The first-order valence-electron chi connectivity index (χ1n) is 20.0. The van der Waals surface area contributed by atoms with Gasteiger partial charge in [-0.05, 0) is 108 Å². The first-order chi connectivity index (χ1) is 28.8. The first kappa shape index (κ1) is 32.6. The van der Waals surface area contributed by atoms with Gasteiger partial charge in [-0.3, -0.25) is 0 Å². The minimum Gasteiger partial charge on any atom is -0.308 e. The van der Waals surface area contributed by atoms with Gasteiger partial charge in [0.2, 0.25) is 0 Å². The number of rotatable bonds is 5. The molecule has 0 N–H and O–H groups in total. The Bertz CT molecular complexity index is 3560. The van der Waals surface area contributed by atoms with Crippen molar-refractivity contribution in [3.8, 4) is 16.8 Å². The molecule has 2 nitrogen and oxygen atoms in total. The van der Waals surface area contributed by atoms with E-state index in [1.54, 1.807) is 0 Å². The molecule has 0 aliphatic carbocycles. The molecular formula is C56H36N2. The van der Waals surface area contributed by atoms with Crippen LogP contribution < -0.4 is 4.90 Å². The lowest BCUT2D eigenvalue weighted by Crippen LogP contribution is -2.12. The zero-order valence-corrected chi connectivity index (χ0v) is 31.7. The molecule has 0 atom stereocenters. The summed E-state index contributed by atoms with van der Waals surface area (Å²) in [7, 11) is 0. The number of hydrogen-bond donors (Lipinski definition) is 0. The summed E-state index contributed by atoms with van der Waals surface area (Å²) in [6.45, 7) is 0. The summed E-state index contributed by atoms with van der Waals surface area (Å²) in [4.78, 5) is 2.51. The number of benzene rings is 11. The summed E-state index contributed by atoms with van der Waals surface area (Å²) in [5, 5.41) is 14.9. The third kappa shape index (κ3) is 4.92. The van der Waals surface area contributed by atoms with E-state index >= 15 is 0 Å². The molecule has 0 bridgehead atoms. The predicted octanol–water partition coefficient (Wildman–Crippen LogP) is 15.7. The molecule has 1 heterocycles. The SMILES string of the molecule is c1ccc(-c2cc3ccccc3c3ccc(N(c4cccc5c4ccc4c6ccccc6ccc54)c4cccc5c6ccccc6n(-c6ccccc6)c45)cc23)cc1. The average molecular weight is 737 g/mol.